The predicted molar refractivity (Wildman–Crippen MR) is 72.7 cm³/mol. The molecule has 22 heteroatoms. The van der Waals surface area contributed by atoms with Gasteiger partial charge in [0.2, 0.25) is 5.88 Å². The first-order valence-corrected chi connectivity index (χ1v) is 7.91. The lowest BCUT2D eigenvalue weighted by Crippen LogP contribution is -2.68. The minimum Gasteiger partial charge on any atom is -0.403 e. The van der Waals surface area contributed by atoms with Gasteiger partial charge in [-0.15, -0.1) is 0 Å². The number of ether oxygens (including phenoxy) is 3. The third-order valence-electron chi connectivity index (χ3n) is 3.46. The van der Waals surface area contributed by atoms with Crippen molar-refractivity contribution in [1.29, 1.82) is 0 Å². The maximum atomic E-state index is 14.2. The normalized spacial score (nSPS) is 17.8. The van der Waals surface area contributed by atoms with Gasteiger partial charge in [0.1, 0.15) is 0 Å². The summed E-state index contributed by atoms with van der Waals surface area (Å²) in [5.41, 5.74) is 0. The Bertz CT molecular complexity index is 928. The van der Waals surface area contributed by atoms with Gasteiger partial charge in [-0.3, -0.25) is 9.47 Å². The molecule has 0 aliphatic heterocycles. The molecule has 0 aromatic carbocycles. The summed E-state index contributed by atoms with van der Waals surface area (Å²) in [5.74, 6) is -28.1. The second-order valence-electron chi connectivity index (χ2n) is 6.05. The van der Waals surface area contributed by atoms with Gasteiger partial charge in [0.05, 0.1) is 0 Å². The van der Waals surface area contributed by atoms with E-state index in [0.29, 0.717) is 12.3 Å². The van der Waals surface area contributed by atoms with Crippen LogP contribution < -0.4 is 4.74 Å². The topological polar surface area (TPSA) is 57.7 Å². The summed E-state index contributed by atoms with van der Waals surface area (Å²) >= 11 is 0. The van der Waals surface area contributed by atoms with Crippen LogP contribution in [0.1, 0.15) is 0 Å². The van der Waals surface area contributed by atoms with E-state index in [2.05, 4.69) is 9.72 Å². The number of aromatic nitrogens is 1. The largest absolute Gasteiger partial charge is 0.462 e. The number of carbonyl (C=O) groups excluding carboxylic acids is 1. The van der Waals surface area contributed by atoms with Crippen molar-refractivity contribution >= 4 is 5.97 Å². The number of nitrogens with zero attached hydrogens (tertiary/aromatic N) is 1. The third kappa shape index (κ3) is 5.52. The number of pyridine rings is 1. The fourth-order valence-corrected chi connectivity index (χ4v) is 1.71. The van der Waals surface area contributed by atoms with E-state index in [4.69, 9.17) is 0 Å². The Kier molecular flexibility index (Phi) is 7.87. The number of halogens is 17. The molecule has 1 heterocycles. The average molecular weight is 573 g/mol. The van der Waals surface area contributed by atoms with Gasteiger partial charge in [-0.05, 0) is 6.07 Å². The Balaban J connectivity index is 3.61. The fraction of sp³-hybridized carbons (Fsp3) is 0.571. The number of hydrogen-bond donors (Lipinski definition) is 0. The molecular weight excluding hydrogens is 569 g/mol. The molecule has 0 radical (unpaired) electrons. The number of rotatable bonds is 8. The molecule has 0 N–H and O–H groups in total. The Morgan fingerprint density at radius 1 is 0.639 bits per heavy atom. The standard InChI is InChI=1S/C14H4F17NO4/c15-7(10(19,20)21,6(33)34-5-3-1-2-4-32-5)35-14(30,31)9(18,12(25,26)27)36-13(28,29)8(16,17)11(22,23)24/h1-4H/t7-,9+/m1/s1. The van der Waals surface area contributed by atoms with Crippen LogP contribution in [-0.2, 0) is 14.3 Å². The SMILES string of the molecule is O=C(Oc1ccccn1)[C@@](F)(OC(F)(F)[C@@](F)(OC(F)(F)C(F)(F)C(F)(F)F)C(F)(F)F)C(F)(F)F. The van der Waals surface area contributed by atoms with E-state index in [9.17, 15) is 79.4 Å². The van der Waals surface area contributed by atoms with Crippen molar-refractivity contribution < 1.29 is 93.6 Å². The van der Waals surface area contributed by atoms with Crippen molar-refractivity contribution in [2.75, 3.05) is 0 Å². The van der Waals surface area contributed by atoms with E-state index in [1.54, 1.807) is 0 Å². The second kappa shape index (κ2) is 9.03. The lowest BCUT2D eigenvalue weighted by Gasteiger charge is -2.39. The zero-order chi connectivity index (χ0) is 28.8. The number of esters is 1. The van der Waals surface area contributed by atoms with Gasteiger partial charge in [-0.25, -0.2) is 9.78 Å². The smallest absolute Gasteiger partial charge is 0.403 e. The molecule has 0 unspecified atom stereocenters. The minimum atomic E-state index is -8.09. The van der Waals surface area contributed by atoms with Crippen LogP contribution in [-0.4, -0.2) is 59.3 Å². The van der Waals surface area contributed by atoms with Gasteiger partial charge < -0.3 is 4.74 Å². The second-order valence-corrected chi connectivity index (χ2v) is 6.05. The van der Waals surface area contributed by atoms with Gasteiger partial charge in [0, 0.05) is 12.3 Å². The predicted octanol–water partition coefficient (Wildman–Crippen LogP) is 5.86. The van der Waals surface area contributed by atoms with Crippen molar-refractivity contribution in [3.05, 3.63) is 24.4 Å². The van der Waals surface area contributed by atoms with Gasteiger partial charge in [-0.1, -0.05) is 6.07 Å². The number of carbonyl (C=O) groups is 1. The highest BCUT2D eigenvalue weighted by molar-refractivity contribution is 5.80. The van der Waals surface area contributed by atoms with Crippen LogP contribution in [0.25, 0.3) is 0 Å². The Labute approximate surface area is 184 Å². The van der Waals surface area contributed by atoms with Crippen LogP contribution >= 0.6 is 0 Å². The van der Waals surface area contributed by atoms with E-state index in [1.165, 1.54) is 4.74 Å². The summed E-state index contributed by atoms with van der Waals surface area (Å²) in [6, 6.07) is 2.15. The van der Waals surface area contributed by atoms with Crippen LogP contribution in [0, 0.1) is 0 Å². The van der Waals surface area contributed by atoms with E-state index >= 15 is 0 Å². The lowest BCUT2D eigenvalue weighted by atomic mass is 10.2. The first kappa shape index (κ1) is 31.4. The van der Waals surface area contributed by atoms with Crippen LogP contribution in [0.3, 0.4) is 0 Å². The summed E-state index contributed by atoms with van der Waals surface area (Å²) in [4.78, 5) is 14.3. The minimum absolute atomic E-state index is 0.408. The van der Waals surface area contributed by atoms with E-state index in [1.807, 2.05) is 4.74 Å². The molecule has 1 aromatic rings. The molecule has 0 saturated carbocycles. The molecule has 0 bridgehead atoms. The Hall–Kier alpha value is -2.65. The van der Waals surface area contributed by atoms with Crippen molar-refractivity contribution in [3.8, 4) is 5.88 Å². The monoisotopic (exact) mass is 573 g/mol. The zero-order valence-electron chi connectivity index (χ0n) is 15.8. The number of hydrogen-bond acceptors (Lipinski definition) is 5. The lowest BCUT2D eigenvalue weighted by molar-refractivity contribution is -0.548. The Morgan fingerprint density at radius 2 is 1.14 bits per heavy atom. The van der Waals surface area contributed by atoms with Crippen LogP contribution in [0.4, 0.5) is 74.6 Å². The summed E-state index contributed by atoms with van der Waals surface area (Å²) in [6.07, 6.45) is -38.2. The van der Waals surface area contributed by atoms with Crippen molar-refractivity contribution in [2.45, 2.75) is 48.4 Å². The van der Waals surface area contributed by atoms with E-state index in [-0.39, 0.29) is 0 Å². The molecule has 0 amide bonds. The van der Waals surface area contributed by atoms with Crippen molar-refractivity contribution in [2.24, 2.45) is 0 Å². The molecule has 208 valence electrons. The molecule has 1 aromatic heterocycles. The quantitative estimate of drug-likeness (QED) is 0.288. The first-order chi connectivity index (χ1) is 15.7. The summed E-state index contributed by atoms with van der Waals surface area (Å²) in [7, 11) is 0. The molecule has 1 rings (SSSR count). The fourth-order valence-electron chi connectivity index (χ4n) is 1.71. The first-order valence-electron chi connectivity index (χ1n) is 7.91. The van der Waals surface area contributed by atoms with Crippen molar-refractivity contribution in [1.82, 2.24) is 4.98 Å². The van der Waals surface area contributed by atoms with E-state index < -0.39 is 60.2 Å². The van der Waals surface area contributed by atoms with Crippen LogP contribution in [0.2, 0.25) is 0 Å². The molecule has 0 spiro atoms. The van der Waals surface area contributed by atoms with E-state index in [0.717, 1.165) is 12.1 Å². The molecular formula is C14H4F17NO4. The average Bonchev–Trinajstić information content (AvgIpc) is 2.65. The Morgan fingerprint density at radius 3 is 1.50 bits per heavy atom. The van der Waals surface area contributed by atoms with Crippen molar-refractivity contribution in [3.63, 3.8) is 0 Å². The maximum absolute atomic E-state index is 14.2. The van der Waals surface area contributed by atoms with Gasteiger partial charge in [0.15, 0.2) is 0 Å². The summed E-state index contributed by atoms with van der Waals surface area (Å²) < 4.78 is 228. The molecule has 0 aliphatic carbocycles. The maximum Gasteiger partial charge on any atom is 0.462 e. The molecule has 0 fully saturated rings. The molecule has 5 nitrogen and oxygen atoms in total. The third-order valence-corrected chi connectivity index (χ3v) is 3.46. The van der Waals surface area contributed by atoms with Crippen LogP contribution in [0.5, 0.6) is 5.88 Å². The molecule has 0 saturated heterocycles. The molecule has 36 heavy (non-hydrogen) atoms. The van der Waals surface area contributed by atoms with Crippen LogP contribution in [0.15, 0.2) is 24.4 Å². The number of alkyl halides is 17. The zero-order valence-corrected chi connectivity index (χ0v) is 15.8. The summed E-state index contributed by atoms with van der Waals surface area (Å²) in [5, 5.41) is 0. The highest BCUT2D eigenvalue weighted by atomic mass is 19.4. The molecule has 2 atom stereocenters. The molecule has 0 aliphatic rings. The van der Waals surface area contributed by atoms with Gasteiger partial charge in [0.25, 0.3) is 0 Å². The highest BCUT2D eigenvalue weighted by Crippen LogP contribution is 2.56. The highest BCUT2D eigenvalue weighted by Gasteiger charge is 2.85. The van der Waals surface area contributed by atoms with Gasteiger partial charge in [-0.2, -0.15) is 74.6 Å². The summed E-state index contributed by atoms with van der Waals surface area (Å²) in [6.45, 7) is 0. The van der Waals surface area contributed by atoms with Gasteiger partial charge >= 0.3 is 54.3 Å².